The Bertz CT molecular complexity index is 498. The Morgan fingerprint density at radius 1 is 0.821 bits per heavy atom. The fraction of sp³-hybridized carbons (Fsp3) is 0.235. The van der Waals surface area contributed by atoms with Gasteiger partial charge in [0.2, 0.25) is 0 Å². The van der Waals surface area contributed by atoms with E-state index in [9.17, 15) is 24.0 Å². The van der Waals surface area contributed by atoms with Crippen LogP contribution in [0.1, 0.15) is 20.8 Å². The van der Waals surface area contributed by atoms with Crippen molar-refractivity contribution in [3.05, 3.63) is 49.6 Å². The lowest BCUT2D eigenvalue weighted by Crippen LogP contribution is -2.11. The van der Waals surface area contributed by atoms with Crippen molar-refractivity contribution in [1.29, 1.82) is 0 Å². The van der Waals surface area contributed by atoms with Crippen molar-refractivity contribution in [2.75, 3.05) is 6.61 Å². The zero-order valence-electron chi connectivity index (χ0n) is 16.0. The average Bonchev–Trinajstić information content (AvgIpc) is 2.56. The van der Waals surface area contributed by atoms with Gasteiger partial charge in [-0.05, 0) is 20.8 Å². The number of hydrogen-bond donors (Lipinski definition) is 5. The number of carbonyl (C=O) groups excluding carboxylic acids is 1. The van der Waals surface area contributed by atoms with Gasteiger partial charge in [0.15, 0.2) is 0 Å². The first kappa shape index (κ1) is 35.3. The van der Waals surface area contributed by atoms with E-state index in [0.29, 0.717) is 6.61 Å². The van der Waals surface area contributed by atoms with Crippen molar-refractivity contribution in [2.24, 2.45) is 5.73 Å². The molecule has 0 unspecified atom stereocenters. The van der Waals surface area contributed by atoms with E-state index in [1.165, 1.54) is 13.8 Å². The van der Waals surface area contributed by atoms with Crippen LogP contribution in [-0.2, 0) is 23.9 Å². The summed E-state index contributed by atoms with van der Waals surface area (Å²) in [6.07, 6.45) is 0.956. The predicted molar refractivity (Wildman–Crippen MR) is 102 cm³/mol. The van der Waals surface area contributed by atoms with Gasteiger partial charge < -0.3 is 30.9 Å². The first-order valence-corrected chi connectivity index (χ1v) is 7.00. The molecule has 0 saturated carbocycles. The number of rotatable bonds is 5. The summed E-state index contributed by atoms with van der Waals surface area (Å²) in [7, 11) is 0. The van der Waals surface area contributed by atoms with Crippen LogP contribution in [0.15, 0.2) is 49.6 Å². The van der Waals surface area contributed by atoms with E-state index in [4.69, 9.17) is 20.4 Å². The molecule has 160 valence electrons. The van der Waals surface area contributed by atoms with Crippen molar-refractivity contribution in [3.8, 4) is 0 Å². The van der Waals surface area contributed by atoms with Gasteiger partial charge in [-0.15, -0.1) is 0 Å². The van der Waals surface area contributed by atoms with Gasteiger partial charge in [-0.1, -0.05) is 26.3 Å². The highest BCUT2D eigenvalue weighted by atomic mass is 16.5. The maximum absolute atomic E-state index is 9.60. The van der Waals surface area contributed by atoms with Crippen molar-refractivity contribution >= 4 is 30.0 Å². The highest BCUT2D eigenvalue weighted by Crippen LogP contribution is 1.81. The molecule has 11 heteroatoms. The Hall–Kier alpha value is -3.89. The predicted octanol–water partition coefficient (Wildman–Crippen LogP) is 1.91. The highest BCUT2D eigenvalue weighted by molar-refractivity contribution is 5.85. The van der Waals surface area contributed by atoms with E-state index >= 15 is 0 Å². The van der Waals surface area contributed by atoms with Crippen molar-refractivity contribution in [1.82, 2.24) is 0 Å². The van der Waals surface area contributed by atoms with E-state index in [1.54, 1.807) is 6.92 Å². The van der Waals surface area contributed by atoms with Crippen molar-refractivity contribution < 1.29 is 49.1 Å². The van der Waals surface area contributed by atoms with E-state index in [-0.39, 0.29) is 11.1 Å². The number of carbonyl (C=O) groups is 5. The molecule has 0 atom stereocenters. The molecular weight excluding hydrogens is 378 g/mol. The zero-order chi connectivity index (χ0) is 23.9. The lowest BCUT2D eigenvalue weighted by molar-refractivity contribution is -0.133. The number of hydrogen-bond acceptors (Lipinski definition) is 6. The normalized spacial score (nSPS) is 7.11. The van der Waals surface area contributed by atoms with Gasteiger partial charge in [0.1, 0.15) is 0 Å². The third kappa shape index (κ3) is 79.8. The molecule has 0 aromatic heterocycles. The minimum absolute atomic E-state index is 0.176. The van der Waals surface area contributed by atoms with Gasteiger partial charge in [0, 0.05) is 23.3 Å². The van der Waals surface area contributed by atoms with Crippen molar-refractivity contribution in [2.45, 2.75) is 20.8 Å². The van der Waals surface area contributed by atoms with Gasteiger partial charge in [-0.25, -0.2) is 24.0 Å². The molecular formula is C17H27NO10. The molecule has 0 heterocycles. The number of ether oxygens (including phenoxy) is 1. The van der Waals surface area contributed by atoms with Gasteiger partial charge >= 0.3 is 30.0 Å². The van der Waals surface area contributed by atoms with Gasteiger partial charge in [0.05, 0.1) is 6.61 Å². The molecule has 0 bridgehead atoms. The fourth-order valence-corrected chi connectivity index (χ4v) is 0.142. The number of aliphatic carboxylic acids is 4. The van der Waals surface area contributed by atoms with E-state index in [0.717, 1.165) is 12.2 Å². The number of amides is 1. The topological polar surface area (TPSA) is 202 Å². The smallest absolute Gasteiger partial charge is 0.404 e. The second-order valence-corrected chi connectivity index (χ2v) is 4.01. The molecule has 28 heavy (non-hydrogen) atoms. The van der Waals surface area contributed by atoms with Crippen LogP contribution in [0.25, 0.3) is 0 Å². The summed E-state index contributed by atoms with van der Waals surface area (Å²) in [5.74, 6) is -3.83. The van der Waals surface area contributed by atoms with Crippen molar-refractivity contribution in [3.63, 3.8) is 0 Å². The molecule has 0 aliphatic carbocycles. The van der Waals surface area contributed by atoms with Gasteiger partial charge in [0.25, 0.3) is 0 Å². The zero-order valence-corrected chi connectivity index (χ0v) is 16.0. The Labute approximate surface area is 162 Å². The number of primary amides is 1. The Morgan fingerprint density at radius 2 is 1.00 bits per heavy atom. The van der Waals surface area contributed by atoms with Crippen LogP contribution in [0.2, 0.25) is 0 Å². The first-order chi connectivity index (χ1) is 12.6. The van der Waals surface area contributed by atoms with Crippen LogP contribution in [0.5, 0.6) is 0 Å². The third-order valence-corrected chi connectivity index (χ3v) is 1.37. The lowest BCUT2D eigenvalue weighted by Gasteiger charge is -1.89. The summed E-state index contributed by atoms with van der Waals surface area (Å²) in [5.41, 5.74) is 4.89. The van der Waals surface area contributed by atoms with E-state index < -0.39 is 30.0 Å². The third-order valence-electron chi connectivity index (χ3n) is 1.37. The fourth-order valence-electron chi connectivity index (χ4n) is 0.142. The molecule has 6 N–H and O–H groups in total. The molecule has 0 saturated heterocycles. The largest absolute Gasteiger partial charge is 0.478 e. The maximum atomic E-state index is 9.60. The SMILES string of the molecule is C=C(C)C(=O)O.C=C(C)C(=O)O.C=CC(=O)O.C=CC(=O)O.CCOC(N)=O. The van der Waals surface area contributed by atoms with Crippen LogP contribution < -0.4 is 5.73 Å². The summed E-state index contributed by atoms with van der Waals surface area (Å²) in [6, 6.07) is 0. The molecule has 0 aliphatic rings. The molecule has 0 radical (unpaired) electrons. The Kier molecular flexibility index (Phi) is 31.9. The number of carboxylic acid groups (broad SMARTS) is 4. The van der Waals surface area contributed by atoms with Crippen LogP contribution in [-0.4, -0.2) is 57.0 Å². The van der Waals surface area contributed by atoms with Gasteiger partial charge in [-0.2, -0.15) is 0 Å². The molecule has 0 aromatic rings. The molecule has 1 amide bonds. The van der Waals surface area contributed by atoms with E-state index in [1.807, 2.05) is 0 Å². The van der Waals surface area contributed by atoms with E-state index in [2.05, 4.69) is 36.8 Å². The quantitative estimate of drug-likeness (QED) is 0.420. The average molecular weight is 405 g/mol. The molecule has 0 rings (SSSR count). The lowest BCUT2D eigenvalue weighted by atomic mass is 10.4. The summed E-state index contributed by atoms with van der Waals surface area (Å²) in [6.45, 7) is 17.2. The summed E-state index contributed by atoms with van der Waals surface area (Å²) >= 11 is 0. The number of carboxylic acids is 4. The summed E-state index contributed by atoms with van der Waals surface area (Å²) in [4.78, 5) is 47.3. The van der Waals surface area contributed by atoms with Crippen LogP contribution in [0.3, 0.4) is 0 Å². The second kappa shape index (κ2) is 25.4. The van der Waals surface area contributed by atoms with Gasteiger partial charge in [-0.3, -0.25) is 0 Å². The molecule has 0 fully saturated rings. The maximum Gasteiger partial charge on any atom is 0.404 e. The van der Waals surface area contributed by atoms with Crippen LogP contribution in [0.4, 0.5) is 4.79 Å². The van der Waals surface area contributed by atoms with Crippen LogP contribution >= 0.6 is 0 Å². The Balaban J connectivity index is -0.0000000789. The highest BCUT2D eigenvalue weighted by Gasteiger charge is 1.90. The molecule has 0 aromatic carbocycles. The summed E-state index contributed by atoms with van der Waals surface area (Å²) in [5, 5.41) is 31.0. The summed E-state index contributed by atoms with van der Waals surface area (Å²) < 4.78 is 4.18. The molecule has 0 aliphatic heterocycles. The molecule has 11 nitrogen and oxygen atoms in total. The number of nitrogens with two attached hydrogens (primary N) is 1. The second-order valence-electron chi connectivity index (χ2n) is 4.01. The first-order valence-electron chi connectivity index (χ1n) is 7.00. The standard InChI is InChI=1S/2C4H6O2.C3H7NO2.2C3H4O2/c2*1-3(2)4(5)6;1-2-6-3(4)5;2*1-2-3(4)5/h2*1H2,2H3,(H,5,6);2H2,1H3,(H2,4,5);2*2H,1H2,(H,4,5). The van der Waals surface area contributed by atoms with Crippen LogP contribution in [0, 0.1) is 0 Å². The molecule has 0 spiro atoms. The monoisotopic (exact) mass is 405 g/mol. The Morgan fingerprint density at radius 3 is 1.00 bits per heavy atom. The minimum Gasteiger partial charge on any atom is -0.478 e. The minimum atomic E-state index is -0.981.